The van der Waals surface area contributed by atoms with Crippen LogP contribution in [0.3, 0.4) is 0 Å². The first-order valence-electron chi connectivity index (χ1n) is 9.53. The van der Waals surface area contributed by atoms with E-state index < -0.39 is 0 Å². The van der Waals surface area contributed by atoms with Crippen molar-refractivity contribution in [1.29, 1.82) is 0 Å². The summed E-state index contributed by atoms with van der Waals surface area (Å²) in [4.78, 5) is 12.2. The van der Waals surface area contributed by atoms with Gasteiger partial charge in [-0.3, -0.25) is 4.79 Å². The SMILES string of the molecule is O=C(COc1ccc(C2SCCCS2)cc1)NCC1(c2ccccc2)CC1. The molecule has 1 N–H and O–H groups in total. The summed E-state index contributed by atoms with van der Waals surface area (Å²) in [6.45, 7) is 0.755. The summed E-state index contributed by atoms with van der Waals surface area (Å²) in [7, 11) is 0. The molecule has 2 aromatic carbocycles. The third-order valence-electron chi connectivity index (χ3n) is 5.21. The van der Waals surface area contributed by atoms with Gasteiger partial charge in [-0.1, -0.05) is 42.5 Å². The Hall–Kier alpha value is -1.59. The van der Waals surface area contributed by atoms with Crippen LogP contribution in [0.5, 0.6) is 5.75 Å². The summed E-state index contributed by atoms with van der Waals surface area (Å²) in [5.41, 5.74) is 2.79. The molecule has 4 rings (SSSR count). The Balaban J connectivity index is 1.23. The number of hydrogen-bond acceptors (Lipinski definition) is 4. The minimum absolute atomic E-state index is 0.0559. The molecule has 0 aromatic heterocycles. The van der Waals surface area contributed by atoms with Crippen LogP contribution in [-0.2, 0) is 10.2 Å². The third-order valence-corrected chi connectivity index (χ3v) is 8.23. The van der Waals surface area contributed by atoms with E-state index in [1.807, 2.05) is 41.7 Å². The maximum absolute atomic E-state index is 12.2. The number of rotatable bonds is 7. The lowest BCUT2D eigenvalue weighted by molar-refractivity contribution is -0.123. The minimum atomic E-state index is -0.0559. The van der Waals surface area contributed by atoms with Gasteiger partial charge in [-0.2, -0.15) is 0 Å². The van der Waals surface area contributed by atoms with E-state index in [9.17, 15) is 4.79 Å². The van der Waals surface area contributed by atoms with Gasteiger partial charge in [0.2, 0.25) is 0 Å². The quantitative estimate of drug-likeness (QED) is 0.727. The standard InChI is InChI=1S/C22H25NO2S2/c24-20(23-16-22(11-12-22)18-5-2-1-3-6-18)15-25-19-9-7-17(8-10-19)21-26-13-4-14-27-21/h1-3,5-10,21H,4,11-16H2,(H,23,24). The predicted octanol–water partition coefficient (Wildman–Crippen LogP) is 4.78. The van der Waals surface area contributed by atoms with Crippen molar-refractivity contribution < 1.29 is 9.53 Å². The molecule has 2 fully saturated rings. The van der Waals surface area contributed by atoms with E-state index in [0.29, 0.717) is 11.1 Å². The molecule has 1 aliphatic carbocycles. The maximum Gasteiger partial charge on any atom is 0.257 e. The summed E-state index contributed by atoms with van der Waals surface area (Å²) in [5, 5.41) is 3.05. The molecule has 1 saturated heterocycles. The van der Waals surface area contributed by atoms with Crippen LogP contribution in [0.2, 0.25) is 0 Å². The van der Waals surface area contributed by atoms with E-state index in [2.05, 4.69) is 41.7 Å². The van der Waals surface area contributed by atoms with Crippen LogP contribution in [0.25, 0.3) is 0 Å². The van der Waals surface area contributed by atoms with Crippen LogP contribution in [0, 0.1) is 0 Å². The van der Waals surface area contributed by atoms with Crippen molar-refractivity contribution >= 4 is 29.4 Å². The molecule has 1 heterocycles. The molecule has 0 bridgehead atoms. The highest BCUT2D eigenvalue weighted by Gasteiger charge is 2.44. The Morgan fingerprint density at radius 1 is 1.04 bits per heavy atom. The second kappa shape index (κ2) is 8.61. The smallest absolute Gasteiger partial charge is 0.257 e. The lowest BCUT2D eigenvalue weighted by Crippen LogP contribution is -2.35. The van der Waals surface area contributed by atoms with Gasteiger partial charge in [0.15, 0.2) is 6.61 Å². The molecule has 0 atom stereocenters. The Morgan fingerprint density at radius 2 is 1.74 bits per heavy atom. The lowest BCUT2D eigenvalue weighted by Gasteiger charge is -2.21. The molecule has 1 amide bonds. The molecule has 0 unspecified atom stereocenters. The Bertz CT molecular complexity index is 754. The van der Waals surface area contributed by atoms with Crippen molar-refractivity contribution in [2.45, 2.75) is 29.3 Å². The first-order valence-corrected chi connectivity index (χ1v) is 11.6. The summed E-state index contributed by atoms with van der Waals surface area (Å²) < 4.78 is 6.21. The maximum atomic E-state index is 12.2. The zero-order valence-corrected chi connectivity index (χ0v) is 17.0. The van der Waals surface area contributed by atoms with Gasteiger partial charge in [-0.05, 0) is 54.0 Å². The van der Waals surface area contributed by atoms with Gasteiger partial charge in [0.25, 0.3) is 5.91 Å². The van der Waals surface area contributed by atoms with E-state index in [0.717, 1.165) is 18.6 Å². The topological polar surface area (TPSA) is 38.3 Å². The lowest BCUT2D eigenvalue weighted by atomic mass is 9.96. The molecule has 1 saturated carbocycles. The molecule has 2 aromatic rings. The van der Waals surface area contributed by atoms with Gasteiger partial charge >= 0.3 is 0 Å². The fraction of sp³-hybridized carbons (Fsp3) is 0.409. The average Bonchev–Trinajstić information content (AvgIpc) is 3.54. The van der Waals surface area contributed by atoms with Crippen LogP contribution >= 0.6 is 23.5 Å². The van der Waals surface area contributed by atoms with Crippen molar-refractivity contribution in [1.82, 2.24) is 5.32 Å². The van der Waals surface area contributed by atoms with Crippen LogP contribution in [-0.4, -0.2) is 30.6 Å². The molecule has 3 nitrogen and oxygen atoms in total. The molecule has 0 spiro atoms. The predicted molar refractivity (Wildman–Crippen MR) is 115 cm³/mol. The first-order chi connectivity index (χ1) is 13.3. The molecule has 1 aliphatic heterocycles. The molecule has 5 heteroatoms. The monoisotopic (exact) mass is 399 g/mol. The van der Waals surface area contributed by atoms with Crippen molar-refractivity contribution in [3.05, 3.63) is 65.7 Å². The van der Waals surface area contributed by atoms with E-state index >= 15 is 0 Å². The second-order valence-corrected chi connectivity index (χ2v) is 9.93. The van der Waals surface area contributed by atoms with Crippen LogP contribution in [0.15, 0.2) is 54.6 Å². The average molecular weight is 400 g/mol. The Morgan fingerprint density at radius 3 is 2.41 bits per heavy atom. The molecular formula is C22H25NO2S2. The van der Waals surface area contributed by atoms with Gasteiger partial charge in [0.1, 0.15) is 5.75 Å². The van der Waals surface area contributed by atoms with E-state index in [1.165, 1.54) is 29.1 Å². The van der Waals surface area contributed by atoms with Gasteiger partial charge in [-0.15, -0.1) is 23.5 Å². The molecule has 2 aliphatic rings. The number of hydrogen-bond donors (Lipinski definition) is 1. The number of amides is 1. The number of thioether (sulfide) groups is 2. The number of ether oxygens (including phenoxy) is 1. The van der Waals surface area contributed by atoms with Gasteiger partial charge in [0.05, 0.1) is 4.58 Å². The van der Waals surface area contributed by atoms with Crippen molar-refractivity contribution in [3.8, 4) is 5.75 Å². The fourth-order valence-electron chi connectivity index (χ4n) is 3.38. The highest BCUT2D eigenvalue weighted by molar-refractivity contribution is 8.16. The Kier molecular flexibility index (Phi) is 5.98. The van der Waals surface area contributed by atoms with Gasteiger partial charge < -0.3 is 10.1 Å². The highest BCUT2D eigenvalue weighted by Crippen LogP contribution is 2.47. The molecule has 27 heavy (non-hydrogen) atoms. The van der Waals surface area contributed by atoms with Gasteiger partial charge in [0, 0.05) is 12.0 Å². The van der Waals surface area contributed by atoms with Gasteiger partial charge in [-0.25, -0.2) is 0 Å². The fourth-order valence-corrected chi connectivity index (χ4v) is 6.27. The number of carbonyl (C=O) groups excluding carboxylic acids is 1. The number of benzene rings is 2. The van der Waals surface area contributed by atoms with Crippen molar-refractivity contribution in [3.63, 3.8) is 0 Å². The molecule has 0 radical (unpaired) electrons. The van der Waals surface area contributed by atoms with Crippen LogP contribution in [0.4, 0.5) is 0 Å². The Labute approximate surface area is 169 Å². The largest absolute Gasteiger partial charge is 0.484 e. The van der Waals surface area contributed by atoms with Crippen molar-refractivity contribution in [2.75, 3.05) is 24.7 Å². The highest BCUT2D eigenvalue weighted by atomic mass is 32.2. The first kappa shape index (κ1) is 18.8. The molecular weight excluding hydrogens is 374 g/mol. The summed E-state index contributed by atoms with van der Waals surface area (Å²) in [5.74, 6) is 3.17. The summed E-state index contributed by atoms with van der Waals surface area (Å²) in [6, 6.07) is 18.7. The van der Waals surface area contributed by atoms with E-state index in [1.54, 1.807) is 0 Å². The van der Waals surface area contributed by atoms with E-state index in [-0.39, 0.29) is 17.9 Å². The number of nitrogens with one attached hydrogen (secondary N) is 1. The van der Waals surface area contributed by atoms with Crippen LogP contribution in [0.1, 0.15) is 35.0 Å². The zero-order chi connectivity index (χ0) is 18.5. The normalized spacial score (nSPS) is 18.7. The second-order valence-electron chi connectivity index (χ2n) is 7.21. The summed E-state index contributed by atoms with van der Waals surface area (Å²) in [6.07, 6.45) is 3.57. The number of carbonyl (C=O) groups is 1. The third kappa shape index (κ3) is 4.82. The summed E-state index contributed by atoms with van der Waals surface area (Å²) >= 11 is 4.02. The minimum Gasteiger partial charge on any atom is -0.484 e. The molecule has 142 valence electrons. The van der Waals surface area contributed by atoms with Crippen molar-refractivity contribution in [2.24, 2.45) is 0 Å². The van der Waals surface area contributed by atoms with Crippen LogP contribution < -0.4 is 10.1 Å². The van der Waals surface area contributed by atoms with E-state index in [4.69, 9.17) is 4.74 Å². The zero-order valence-electron chi connectivity index (χ0n) is 15.4.